The molecule has 7 nitrogen and oxygen atoms in total. The minimum absolute atomic E-state index is 0.0516. The molecule has 0 aliphatic carbocycles. The molecular formula is C18H18N6O. The number of nitrogens with one attached hydrogen (secondary N) is 1. The third kappa shape index (κ3) is 2.76. The Kier molecular flexibility index (Phi) is 3.73. The van der Waals surface area contributed by atoms with E-state index in [4.69, 9.17) is 5.26 Å². The molecule has 1 fully saturated rings. The van der Waals surface area contributed by atoms with Crippen molar-refractivity contribution in [3.63, 3.8) is 0 Å². The molecule has 0 bridgehead atoms. The normalized spacial score (nSPS) is 15.4. The number of anilines is 1. The Morgan fingerprint density at radius 1 is 1.24 bits per heavy atom. The number of aromatic amines is 1. The van der Waals surface area contributed by atoms with Crippen LogP contribution in [0.2, 0.25) is 0 Å². The van der Waals surface area contributed by atoms with Crippen LogP contribution in [0.1, 0.15) is 30.4 Å². The van der Waals surface area contributed by atoms with Crippen molar-refractivity contribution in [1.82, 2.24) is 19.5 Å². The lowest BCUT2D eigenvalue weighted by Crippen LogP contribution is -2.37. The van der Waals surface area contributed by atoms with Gasteiger partial charge in [-0.1, -0.05) is 12.1 Å². The minimum atomic E-state index is -0.0516. The number of aromatic nitrogens is 4. The standard InChI is InChI=1S/C18H18N6O/c1-12-20-13(11-19)10-17(21-12)23-8-6-14(7-9-23)24-16-5-3-2-4-15(16)22-18(24)25/h2-5,10,14H,6-9H2,1H3,(H,22,25). The molecule has 7 heteroatoms. The summed E-state index contributed by atoms with van der Waals surface area (Å²) in [6.45, 7) is 3.37. The number of para-hydroxylation sites is 2. The molecular weight excluding hydrogens is 316 g/mol. The smallest absolute Gasteiger partial charge is 0.326 e. The number of nitriles is 1. The third-order valence-corrected chi connectivity index (χ3v) is 4.72. The van der Waals surface area contributed by atoms with E-state index in [0.29, 0.717) is 11.5 Å². The van der Waals surface area contributed by atoms with Gasteiger partial charge in [0.2, 0.25) is 0 Å². The second-order valence-corrected chi connectivity index (χ2v) is 6.31. The van der Waals surface area contributed by atoms with Crippen molar-refractivity contribution in [2.75, 3.05) is 18.0 Å². The van der Waals surface area contributed by atoms with Crippen LogP contribution in [0.3, 0.4) is 0 Å². The second-order valence-electron chi connectivity index (χ2n) is 6.31. The van der Waals surface area contributed by atoms with E-state index in [1.165, 1.54) is 0 Å². The molecule has 25 heavy (non-hydrogen) atoms. The third-order valence-electron chi connectivity index (χ3n) is 4.72. The van der Waals surface area contributed by atoms with Crippen LogP contribution in [0, 0.1) is 18.3 Å². The van der Waals surface area contributed by atoms with Crippen LogP contribution < -0.4 is 10.6 Å². The Morgan fingerprint density at radius 2 is 2.00 bits per heavy atom. The maximum atomic E-state index is 12.4. The number of hydrogen-bond donors (Lipinski definition) is 1. The first-order chi connectivity index (χ1) is 12.2. The Morgan fingerprint density at radius 3 is 2.76 bits per heavy atom. The summed E-state index contributed by atoms with van der Waals surface area (Å²) in [5.41, 5.74) is 2.16. The van der Waals surface area contributed by atoms with Gasteiger partial charge >= 0.3 is 5.69 Å². The molecule has 0 unspecified atom stereocenters. The number of rotatable bonds is 2. The van der Waals surface area contributed by atoms with Gasteiger partial charge < -0.3 is 9.88 Å². The van der Waals surface area contributed by atoms with Gasteiger partial charge in [0.25, 0.3) is 0 Å². The van der Waals surface area contributed by atoms with E-state index in [0.717, 1.165) is 42.8 Å². The van der Waals surface area contributed by atoms with Gasteiger partial charge in [0, 0.05) is 25.2 Å². The van der Waals surface area contributed by atoms with E-state index >= 15 is 0 Å². The van der Waals surface area contributed by atoms with Gasteiger partial charge in [-0.25, -0.2) is 14.8 Å². The molecule has 3 aromatic rings. The molecule has 2 aromatic heterocycles. The first-order valence-corrected chi connectivity index (χ1v) is 8.35. The maximum Gasteiger partial charge on any atom is 0.326 e. The zero-order valence-electron chi connectivity index (χ0n) is 13.9. The zero-order chi connectivity index (χ0) is 17.4. The molecule has 126 valence electrons. The molecule has 0 amide bonds. The zero-order valence-corrected chi connectivity index (χ0v) is 13.9. The number of H-pyrrole nitrogens is 1. The van der Waals surface area contributed by atoms with Gasteiger partial charge in [-0.05, 0) is 31.9 Å². The summed E-state index contributed by atoms with van der Waals surface area (Å²) in [5, 5.41) is 9.08. The minimum Gasteiger partial charge on any atom is -0.356 e. The summed E-state index contributed by atoms with van der Waals surface area (Å²) in [6, 6.07) is 11.8. The quantitative estimate of drug-likeness (QED) is 0.775. The van der Waals surface area contributed by atoms with E-state index in [-0.39, 0.29) is 11.7 Å². The van der Waals surface area contributed by atoms with Gasteiger partial charge in [0.15, 0.2) is 0 Å². The Hall–Kier alpha value is -3.14. The number of aryl methyl sites for hydroxylation is 1. The Balaban J connectivity index is 1.57. The van der Waals surface area contributed by atoms with Crippen LogP contribution in [-0.2, 0) is 0 Å². The van der Waals surface area contributed by atoms with Crippen molar-refractivity contribution in [3.8, 4) is 6.07 Å². The molecule has 1 saturated heterocycles. The number of hydrogen-bond acceptors (Lipinski definition) is 5. The molecule has 1 aromatic carbocycles. The Bertz CT molecular complexity index is 1020. The average molecular weight is 334 g/mol. The molecule has 3 heterocycles. The van der Waals surface area contributed by atoms with Crippen molar-refractivity contribution in [3.05, 3.63) is 52.3 Å². The van der Waals surface area contributed by atoms with Crippen molar-refractivity contribution in [2.45, 2.75) is 25.8 Å². The summed E-state index contributed by atoms with van der Waals surface area (Å²) in [4.78, 5) is 26.0. The average Bonchev–Trinajstić information content (AvgIpc) is 2.97. The van der Waals surface area contributed by atoms with Crippen LogP contribution in [0.5, 0.6) is 0 Å². The highest BCUT2D eigenvalue weighted by Gasteiger charge is 2.24. The Labute approximate surface area is 144 Å². The lowest BCUT2D eigenvalue weighted by molar-refractivity contribution is 0.395. The SMILES string of the molecule is Cc1nc(C#N)cc(N2CCC(n3c(=O)[nH]c4ccccc43)CC2)n1. The van der Waals surface area contributed by atoms with Crippen molar-refractivity contribution in [1.29, 1.82) is 5.26 Å². The topological polar surface area (TPSA) is 90.6 Å². The van der Waals surface area contributed by atoms with E-state index in [1.54, 1.807) is 13.0 Å². The fourth-order valence-electron chi connectivity index (χ4n) is 3.56. The summed E-state index contributed by atoms with van der Waals surface area (Å²) in [7, 11) is 0. The van der Waals surface area contributed by atoms with Gasteiger partial charge in [-0.15, -0.1) is 0 Å². The van der Waals surface area contributed by atoms with Gasteiger partial charge in [0.05, 0.1) is 11.0 Å². The van der Waals surface area contributed by atoms with Crippen LogP contribution in [-0.4, -0.2) is 32.6 Å². The van der Waals surface area contributed by atoms with Gasteiger partial charge in [-0.3, -0.25) is 4.57 Å². The van der Waals surface area contributed by atoms with Crippen LogP contribution in [0.4, 0.5) is 5.82 Å². The highest BCUT2D eigenvalue weighted by atomic mass is 16.1. The van der Waals surface area contributed by atoms with E-state index < -0.39 is 0 Å². The molecule has 1 aliphatic rings. The predicted molar refractivity (Wildman–Crippen MR) is 94.5 cm³/mol. The van der Waals surface area contributed by atoms with E-state index in [1.807, 2.05) is 28.8 Å². The van der Waals surface area contributed by atoms with E-state index in [9.17, 15) is 4.79 Å². The summed E-state index contributed by atoms with van der Waals surface area (Å²) in [5.74, 6) is 1.39. The lowest BCUT2D eigenvalue weighted by Gasteiger charge is -2.33. The van der Waals surface area contributed by atoms with Gasteiger partial charge in [-0.2, -0.15) is 5.26 Å². The second kappa shape index (κ2) is 6.06. The van der Waals surface area contributed by atoms with E-state index in [2.05, 4.69) is 25.9 Å². The molecule has 1 aliphatic heterocycles. The van der Waals surface area contributed by atoms with Crippen LogP contribution >= 0.6 is 0 Å². The van der Waals surface area contributed by atoms with Crippen LogP contribution in [0.25, 0.3) is 11.0 Å². The lowest BCUT2D eigenvalue weighted by atomic mass is 10.0. The summed E-state index contributed by atoms with van der Waals surface area (Å²) in [6.07, 6.45) is 1.71. The largest absolute Gasteiger partial charge is 0.356 e. The van der Waals surface area contributed by atoms with Crippen molar-refractivity contribution in [2.24, 2.45) is 0 Å². The molecule has 0 radical (unpaired) electrons. The fourth-order valence-corrected chi connectivity index (χ4v) is 3.56. The summed E-state index contributed by atoms with van der Waals surface area (Å²) < 4.78 is 1.87. The first kappa shape index (κ1) is 15.4. The van der Waals surface area contributed by atoms with Gasteiger partial charge in [0.1, 0.15) is 23.4 Å². The maximum absolute atomic E-state index is 12.4. The highest BCUT2D eigenvalue weighted by molar-refractivity contribution is 5.75. The molecule has 0 spiro atoms. The number of imidazole rings is 1. The first-order valence-electron chi connectivity index (χ1n) is 8.35. The number of piperidine rings is 1. The molecule has 0 saturated carbocycles. The molecule has 0 atom stereocenters. The number of nitrogens with zero attached hydrogens (tertiary/aromatic N) is 5. The monoisotopic (exact) mass is 334 g/mol. The number of fused-ring (bicyclic) bond motifs is 1. The predicted octanol–water partition coefficient (Wildman–Crippen LogP) is 2.14. The van der Waals surface area contributed by atoms with Crippen molar-refractivity contribution < 1.29 is 0 Å². The number of benzene rings is 1. The summed E-state index contributed by atoms with van der Waals surface area (Å²) >= 11 is 0. The van der Waals surface area contributed by atoms with Crippen LogP contribution in [0.15, 0.2) is 35.1 Å². The van der Waals surface area contributed by atoms with Crippen molar-refractivity contribution >= 4 is 16.9 Å². The fraction of sp³-hybridized carbons (Fsp3) is 0.333. The molecule has 4 rings (SSSR count). The molecule has 1 N–H and O–H groups in total. The highest BCUT2D eigenvalue weighted by Crippen LogP contribution is 2.27.